The quantitative estimate of drug-likeness (QED) is 0.875. The van der Waals surface area contributed by atoms with Gasteiger partial charge in [-0.15, -0.1) is 0 Å². The van der Waals surface area contributed by atoms with E-state index in [1.54, 1.807) is 6.20 Å². The van der Waals surface area contributed by atoms with Crippen LogP contribution < -0.4 is 4.74 Å². The van der Waals surface area contributed by atoms with Crippen molar-refractivity contribution in [2.24, 2.45) is 5.41 Å². The molecule has 1 aromatic rings. The van der Waals surface area contributed by atoms with Crippen molar-refractivity contribution in [2.45, 2.75) is 40.0 Å². The maximum absolute atomic E-state index is 9.13. The Bertz CT molecular complexity index is 349. The van der Waals surface area contributed by atoms with Gasteiger partial charge in [0.2, 0.25) is 0 Å². The van der Waals surface area contributed by atoms with Crippen LogP contribution in [0.1, 0.15) is 40.3 Å². The third-order valence-electron chi connectivity index (χ3n) is 2.56. The Kier molecular flexibility index (Phi) is 4.15. The van der Waals surface area contributed by atoms with Crippen LogP contribution in [0.15, 0.2) is 18.3 Å². The first-order chi connectivity index (χ1) is 7.74. The van der Waals surface area contributed by atoms with Crippen molar-refractivity contribution in [3.8, 4) is 5.75 Å². The molecular weight excluding hydrogens is 214 g/mol. The lowest BCUT2D eigenvalue weighted by Gasteiger charge is -2.22. The third kappa shape index (κ3) is 4.35. The fourth-order valence-corrected chi connectivity index (χ4v) is 1.23. The Morgan fingerprint density at radius 2 is 1.82 bits per heavy atom. The first-order valence-electron chi connectivity index (χ1n) is 5.95. The average Bonchev–Trinajstić information content (AvgIpc) is 2.26. The van der Waals surface area contributed by atoms with Crippen LogP contribution in [0.2, 0.25) is 0 Å². The molecule has 0 radical (unpaired) electrons. The predicted molar refractivity (Wildman–Crippen MR) is 69.3 cm³/mol. The van der Waals surface area contributed by atoms with Gasteiger partial charge in [-0.05, 0) is 12.1 Å². The zero-order valence-electron chi connectivity index (χ0n) is 11.4. The highest BCUT2D eigenvalue weighted by atomic mass is 16.5. The summed E-state index contributed by atoms with van der Waals surface area (Å²) < 4.78 is 5.61. The lowest BCUT2D eigenvalue weighted by atomic mass is 9.92. The fraction of sp³-hybridized carbons (Fsp3) is 0.643. The molecule has 0 bridgehead atoms. The number of hydrogen-bond donors (Lipinski definition) is 1. The molecule has 0 spiro atoms. The second-order valence-electron chi connectivity index (χ2n) is 6.24. The van der Waals surface area contributed by atoms with Gasteiger partial charge in [-0.25, -0.2) is 0 Å². The van der Waals surface area contributed by atoms with Crippen LogP contribution in [-0.4, -0.2) is 23.3 Å². The molecule has 0 aliphatic rings. The summed E-state index contributed by atoms with van der Waals surface area (Å²) in [6.45, 7) is 10.9. The molecule has 17 heavy (non-hydrogen) atoms. The molecular formula is C14H23NO2. The van der Waals surface area contributed by atoms with Gasteiger partial charge in [-0.3, -0.25) is 4.98 Å². The predicted octanol–water partition coefficient (Wildman–Crippen LogP) is 2.78. The van der Waals surface area contributed by atoms with Gasteiger partial charge < -0.3 is 9.84 Å². The normalized spacial score (nSPS) is 12.6. The van der Waals surface area contributed by atoms with E-state index >= 15 is 0 Å². The number of nitrogens with zero attached hydrogens (tertiary/aromatic N) is 1. The van der Waals surface area contributed by atoms with Gasteiger partial charge in [0.1, 0.15) is 5.75 Å². The van der Waals surface area contributed by atoms with Gasteiger partial charge in [0, 0.05) is 16.5 Å². The lowest BCUT2D eigenvalue weighted by molar-refractivity contribution is 0.0973. The van der Waals surface area contributed by atoms with E-state index in [0.29, 0.717) is 6.61 Å². The maximum atomic E-state index is 9.13. The Morgan fingerprint density at radius 3 is 2.24 bits per heavy atom. The minimum atomic E-state index is -0.220. The molecule has 1 heterocycles. The van der Waals surface area contributed by atoms with Crippen LogP contribution in [-0.2, 0) is 5.41 Å². The standard InChI is InChI=1S/C14H23NO2/c1-13(2,3)12-7-6-11(8-15-12)17-10-14(4,5)9-16/h6-8,16H,9-10H2,1-5H3. The Labute approximate surface area is 104 Å². The summed E-state index contributed by atoms with van der Waals surface area (Å²) in [6.07, 6.45) is 1.74. The monoisotopic (exact) mass is 237 g/mol. The molecule has 0 saturated heterocycles. The van der Waals surface area contributed by atoms with Crippen LogP contribution >= 0.6 is 0 Å². The highest BCUT2D eigenvalue weighted by Gasteiger charge is 2.18. The molecule has 1 N–H and O–H groups in total. The van der Waals surface area contributed by atoms with E-state index in [-0.39, 0.29) is 17.4 Å². The number of ether oxygens (including phenoxy) is 1. The summed E-state index contributed by atoms with van der Waals surface area (Å²) in [5.74, 6) is 0.750. The van der Waals surface area contributed by atoms with Crippen molar-refractivity contribution in [2.75, 3.05) is 13.2 Å². The molecule has 0 atom stereocenters. The third-order valence-corrected chi connectivity index (χ3v) is 2.56. The minimum absolute atomic E-state index is 0.0584. The number of rotatable bonds is 4. The van der Waals surface area contributed by atoms with Gasteiger partial charge in [0.05, 0.1) is 19.4 Å². The summed E-state index contributed by atoms with van der Waals surface area (Å²) in [7, 11) is 0. The van der Waals surface area contributed by atoms with Crippen molar-refractivity contribution < 1.29 is 9.84 Å². The van der Waals surface area contributed by atoms with E-state index in [2.05, 4.69) is 25.8 Å². The summed E-state index contributed by atoms with van der Waals surface area (Å²) in [5.41, 5.74) is 0.886. The summed E-state index contributed by atoms with van der Waals surface area (Å²) in [5, 5.41) is 9.13. The van der Waals surface area contributed by atoms with Crippen LogP contribution in [0.25, 0.3) is 0 Å². The number of aromatic nitrogens is 1. The van der Waals surface area contributed by atoms with Crippen molar-refractivity contribution in [1.82, 2.24) is 4.98 Å². The number of pyridine rings is 1. The largest absolute Gasteiger partial charge is 0.491 e. The fourth-order valence-electron chi connectivity index (χ4n) is 1.23. The Balaban J connectivity index is 2.64. The molecule has 0 unspecified atom stereocenters. The first kappa shape index (κ1) is 14.0. The summed E-state index contributed by atoms with van der Waals surface area (Å²) in [6, 6.07) is 3.92. The number of aliphatic hydroxyl groups excluding tert-OH is 1. The van der Waals surface area contributed by atoms with Crippen LogP contribution in [0.4, 0.5) is 0 Å². The van der Waals surface area contributed by atoms with Gasteiger partial charge in [0.15, 0.2) is 0 Å². The van der Waals surface area contributed by atoms with Crippen molar-refractivity contribution >= 4 is 0 Å². The number of aliphatic hydroxyl groups is 1. The van der Waals surface area contributed by atoms with Gasteiger partial charge in [-0.1, -0.05) is 34.6 Å². The van der Waals surface area contributed by atoms with E-state index in [1.807, 2.05) is 26.0 Å². The topological polar surface area (TPSA) is 42.4 Å². The molecule has 1 rings (SSSR count). The smallest absolute Gasteiger partial charge is 0.137 e. The average molecular weight is 237 g/mol. The maximum Gasteiger partial charge on any atom is 0.137 e. The molecule has 96 valence electrons. The van der Waals surface area contributed by atoms with Crippen LogP contribution in [0, 0.1) is 5.41 Å². The van der Waals surface area contributed by atoms with Crippen LogP contribution in [0.5, 0.6) is 5.75 Å². The number of hydrogen-bond acceptors (Lipinski definition) is 3. The van der Waals surface area contributed by atoms with E-state index in [9.17, 15) is 0 Å². The van der Waals surface area contributed by atoms with Crippen molar-refractivity contribution in [3.63, 3.8) is 0 Å². The van der Waals surface area contributed by atoms with Gasteiger partial charge in [0.25, 0.3) is 0 Å². The molecule has 0 fully saturated rings. The van der Waals surface area contributed by atoms with Crippen molar-refractivity contribution in [1.29, 1.82) is 0 Å². The van der Waals surface area contributed by atoms with Gasteiger partial charge in [-0.2, -0.15) is 0 Å². The van der Waals surface area contributed by atoms with E-state index in [0.717, 1.165) is 11.4 Å². The van der Waals surface area contributed by atoms with Crippen molar-refractivity contribution in [3.05, 3.63) is 24.0 Å². The molecule has 3 nitrogen and oxygen atoms in total. The Hall–Kier alpha value is -1.09. The molecule has 0 aliphatic heterocycles. The Morgan fingerprint density at radius 1 is 1.18 bits per heavy atom. The second kappa shape index (κ2) is 5.05. The molecule has 1 aromatic heterocycles. The minimum Gasteiger partial charge on any atom is -0.491 e. The zero-order valence-corrected chi connectivity index (χ0v) is 11.4. The zero-order chi connectivity index (χ0) is 13.1. The first-order valence-corrected chi connectivity index (χ1v) is 5.95. The SMILES string of the molecule is CC(C)(CO)COc1ccc(C(C)(C)C)nc1. The van der Waals surface area contributed by atoms with E-state index < -0.39 is 0 Å². The lowest BCUT2D eigenvalue weighted by Crippen LogP contribution is -2.25. The molecule has 0 aliphatic carbocycles. The summed E-state index contributed by atoms with van der Waals surface area (Å²) >= 11 is 0. The molecule has 3 heteroatoms. The molecule has 0 aromatic carbocycles. The molecule has 0 amide bonds. The highest BCUT2D eigenvalue weighted by molar-refractivity contribution is 5.23. The van der Waals surface area contributed by atoms with E-state index in [4.69, 9.17) is 9.84 Å². The highest BCUT2D eigenvalue weighted by Crippen LogP contribution is 2.22. The van der Waals surface area contributed by atoms with Crippen LogP contribution in [0.3, 0.4) is 0 Å². The molecule has 0 saturated carbocycles. The second-order valence-corrected chi connectivity index (χ2v) is 6.24. The van der Waals surface area contributed by atoms with E-state index in [1.165, 1.54) is 0 Å². The summed E-state index contributed by atoms with van der Waals surface area (Å²) in [4.78, 5) is 4.39. The van der Waals surface area contributed by atoms with Gasteiger partial charge >= 0.3 is 0 Å².